The molecule has 0 saturated carbocycles. The van der Waals surface area contributed by atoms with Crippen molar-refractivity contribution in [3.63, 3.8) is 0 Å². The van der Waals surface area contributed by atoms with Crippen molar-refractivity contribution in [3.8, 4) is 11.3 Å². The third kappa shape index (κ3) is 3.95. The van der Waals surface area contributed by atoms with Crippen molar-refractivity contribution in [2.24, 2.45) is 0 Å². The van der Waals surface area contributed by atoms with E-state index in [0.717, 1.165) is 12.0 Å². The summed E-state index contributed by atoms with van der Waals surface area (Å²) in [6, 6.07) is 8.98. The SMILES string of the molecule is CCO[C@@H]1COCC[C@H]1NC(=O)c1cc(-c2ccc(Cl)cc2)n[nH]1. The molecule has 128 valence electrons. The Kier molecular flexibility index (Phi) is 5.50. The topological polar surface area (TPSA) is 76.2 Å². The minimum absolute atomic E-state index is 0.0616. The van der Waals surface area contributed by atoms with Crippen molar-refractivity contribution in [2.75, 3.05) is 19.8 Å². The molecule has 7 heteroatoms. The number of H-pyrrole nitrogens is 1. The fourth-order valence-electron chi connectivity index (χ4n) is 2.71. The summed E-state index contributed by atoms with van der Waals surface area (Å²) < 4.78 is 11.1. The molecule has 2 atom stereocenters. The third-order valence-corrected chi connectivity index (χ3v) is 4.22. The Morgan fingerprint density at radius 2 is 2.25 bits per heavy atom. The quantitative estimate of drug-likeness (QED) is 0.870. The molecule has 1 aromatic carbocycles. The summed E-state index contributed by atoms with van der Waals surface area (Å²) in [6.07, 6.45) is 0.612. The first-order valence-electron chi connectivity index (χ1n) is 7.99. The second-order valence-electron chi connectivity index (χ2n) is 5.61. The zero-order chi connectivity index (χ0) is 16.9. The van der Waals surface area contributed by atoms with Gasteiger partial charge in [0.15, 0.2) is 0 Å². The standard InChI is InChI=1S/C17H20ClN3O3/c1-2-24-16-10-23-8-7-13(16)19-17(22)15-9-14(20-21-15)11-3-5-12(18)6-4-11/h3-6,9,13,16H,2,7-8,10H2,1H3,(H,19,22)(H,20,21)/t13-,16-/m1/s1. The molecule has 1 fully saturated rings. The number of nitrogens with zero attached hydrogens (tertiary/aromatic N) is 1. The number of hydrogen-bond acceptors (Lipinski definition) is 4. The Balaban J connectivity index is 1.68. The second-order valence-corrected chi connectivity index (χ2v) is 6.05. The smallest absolute Gasteiger partial charge is 0.269 e. The van der Waals surface area contributed by atoms with Crippen LogP contribution < -0.4 is 5.32 Å². The van der Waals surface area contributed by atoms with Crippen LogP contribution in [0.4, 0.5) is 0 Å². The van der Waals surface area contributed by atoms with Crippen molar-refractivity contribution in [1.29, 1.82) is 0 Å². The number of rotatable bonds is 5. The molecule has 2 aromatic rings. The number of hydrogen-bond donors (Lipinski definition) is 2. The number of ether oxygens (including phenoxy) is 2. The van der Waals surface area contributed by atoms with E-state index in [4.69, 9.17) is 21.1 Å². The van der Waals surface area contributed by atoms with Gasteiger partial charge in [0.2, 0.25) is 0 Å². The Morgan fingerprint density at radius 1 is 1.46 bits per heavy atom. The largest absolute Gasteiger partial charge is 0.379 e. The lowest BCUT2D eigenvalue weighted by molar-refractivity contribution is -0.0633. The minimum Gasteiger partial charge on any atom is -0.379 e. The fourth-order valence-corrected chi connectivity index (χ4v) is 2.83. The van der Waals surface area contributed by atoms with E-state index < -0.39 is 0 Å². The van der Waals surface area contributed by atoms with E-state index in [1.165, 1.54) is 0 Å². The Bertz CT molecular complexity index is 685. The predicted octanol–water partition coefficient (Wildman–Crippen LogP) is 2.65. The molecule has 2 N–H and O–H groups in total. The molecule has 0 unspecified atom stereocenters. The summed E-state index contributed by atoms with van der Waals surface area (Å²) in [6.45, 7) is 3.64. The summed E-state index contributed by atoms with van der Waals surface area (Å²) in [4.78, 5) is 12.5. The van der Waals surface area contributed by atoms with Gasteiger partial charge in [-0.3, -0.25) is 9.89 Å². The monoisotopic (exact) mass is 349 g/mol. The number of halogens is 1. The Hall–Kier alpha value is -1.89. The minimum atomic E-state index is -0.195. The van der Waals surface area contributed by atoms with E-state index in [1.807, 2.05) is 19.1 Å². The van der Waals surface area contributed by atoms with E-state index in [-0.39, 0.29) is 18.1 Å². The molecule has 0 spiro atoms. The highest BCUT2D eigenvalue weighted by Crippen LogP contribution is 2.20. The summed E-state index contributed by atoms with van der Waals surface area (Å²) in [5.41, 5.74) is 2.01. The summed E-state index contributed by atoms with van der Waals surface area (Å²) in [5.74, 6) is -0.195. The average molecular weight is 350 g/mol. The van der Waals surface area contributed by atoms with E-state index >= 15 is 0 Å². The van der Waals surface area contributed by atoms with Crippen molar-refractivity contribution >= 4 is 17.5 Å². The van der Waals surface area contributed by atoms with Crippen molar-refractivity contribution in [2.45, 2.75) is 25.5 Å². The lowest BCUT2D eigenvalue weighted by Crippen LogP contribution is -2.50. The summed E-state index contributed by atoms with van der Waals surface area (Å²) in [5, 5.41) is 10.7. The van der Waals surface area contributed by atoms with Crippen LogP contribution >= 0.6 is 11.6 Å². The van der Waals surface area contributed by atoms with Crippen LogP contribution in [0.3, 0.4) is 0 Å². The molecule has 2 heterocycles. The van der Waals surface area contributed by atoms with E-state index in [0.29, 0.717) is 36.2 Å². The number of carbonyl (C=O) groups excluding carboxylic acids is 1. The zero-order valence-corrected chi connectivity index (χ0v) is 14.2. The van der Waals surface area contributed by atoms with Gasteiger partial charge in [0, 0.05) is 23.8 Å². The first-order chi connectivity index (χ1) is 11.7. The highest BCUT2D eigenvalue weighted by Gasteiger charge is 2.28. The van der Waals surface area contributed by atoms with Crippen LogP contribution in [-0.2, 0) is 9.47 Å². The zero-order valence-electron chi connectivity index (χ0n) is 13.4. The molecule has 0 radical (unpaired) electrons. The van der Waals surface area contributed by atoms with Crippen LogP contribution in [0.5, 0.6) is 0 Å². The maximum atomic E-state index is 12.5. The van der Waals surface area contributed by atoms with Gasteiger partial charge in [-0.15, -0.1) is 0 Å². The Morgan fingerprint density at radius 3 is 3.00 bits per heavy atom. The predicted molar refractivity (Wildman–Crippen MR) is 91.1 cm³/mol. The number of aromatic amines is 1. The summed E-state index contributed by atoms with van der Waals surface area (Å²) >= 11 is 5.89. The van der Waals surface area contributed by atoms with Gasteiger partial charge in [-0.05, 0) is 31.5 Å². The number of benzene rings is 1. The van der Waals surface area contributed by atoms with Crippen LogP contribution in [0.2, 0.25) is 5.02 Å². The molecule has 0 bridgehead atoms. The molecule has 24 heavy (non-hydrogen) atoms. The molecule has 0 aliphatic carbocycles. The van der Waals surface area contributed by atoms with Gasteiger partial charge >= 0.3 is 0 Å². The van der Waals surface area contributed by atoms with Gasteiger partial charge in [-0.1, -0.05) is 23.7 Å². The maximum absolute atomic E-state index is 12.5. The van der Waals surface area contributed by atoms with Crippen molar-refractivity contribution in [3.05, 3.63) is 41.0 Å². The lowest BCUT2D eigenvalue weighted by atomic mass is 10.1. The van der Waals surface area contributed by atoms with Crippen molar-refractivity contribution < 1.29 is 14.3 Å². The van der Waals surface area contributed by atoms with Gasteiger partial charge in [-0.25, -0.2) is 0 Å². The van der Waals surface area contributed by atoms with E-state index in [1.54, 1.807) is 18.2 Å². The fraction of sp³-hybridized carbons (Fsp3) is 0.412. The average Bonchev–Trinajstić information content (AvgIpc) is 3.08. The van der Waals surface area contributed by atoms with Crippen molar-refractivity contribution in [1.82, 2.24) is 15.5 Å². The molecule has 1 amide bonds. The molecule has 1 saturated heterocycles. The second kappa shape index (κ2) is 7.79. The molecule has 1 aliphatic heterocycles. The van der Waals surface area contributed by atoms with Crippen LogP contribution in [0.1, 0.15) is 23.8 Å². The first kappa shape index (κ1) is 17.0. The van der Waals surface area contributed by atoms with Gasteiger partial charge in [-0.2, -0.15) is 5.10 Å². The number of aromatic nitrogens is 2. The number of nitrogens with one attached hydrogen (secondary N) is 2. The molecule has 3 rings (SSSR count). The summed E-state index contributed by atoms with van der Waals surface area (Å²) in [7, 11) is 0. The highest BCUT2D eigenvalue weighted by molar-refractivity contribution is 6.30. The molecule has 1 aliphatic rings. The first-order valence-corrected chi connectivity index (χ1v) is 8.36. The lowest BCUT2D eigenvalue weighted by Gasteiger charge is -2.31. The molecule has 1 aromatic heterocycles. The molecular weight excluding hydrogens is 330 g/mol. The maximum Gasteiger partial charge on any atom is 0.269 e. The number of amides is 1. The van der Waals surface area contributed by atoms with E-state index in [2.05, 4.69) is 15.5 Å². The van der Waals surface area contributed by atoms with Crippen LogP contribution in [0, 0.1) is 0 Å². The molecule has 6 nitrogen and oxygen atoms in total. The van der Waals surface area contributed by atoms with Crippen LogP contribution in [0.15, 0.2) is 30.3 Å². The van der Waals surface area contributed by atoms with Gasteiger partial charge in [0.25, 0.3) is 5.91 Å². The van der Waals surface area contributed by atoms with Gasteiger partial charge < -0.3 is 14.8 Å². The molecular formula is C17H20ClN3O3. The normalized spacial score (nSPS) is 20.8. The van der Waals surface area contributed by atoms with Crippen LogP contribution in [-0.4, -0.2) is 48.1 Å². The Labute approximate surface area is 145 Å². The van der Waals surface area contributed by atoms with Gasteiger partial charge in [0.1, 0.15) is 11.8 Å². The van der Waals surface area contributed by atoms with Gasteiger partial charge in [0.05, 0.1) is 18.3 Å². The number of carbonyl (C=O) groups is 1. The highest BCUT2D eigenvalue weighted by atomic mass is 35.5. The van der Waals surface area contributed by atoms with Crippen LogP contribution in [0.25, 0.3) is 11.3 Å². The third-order valence-electron chi connectivity index (χ3n) is 3.96. The van der Waals surface area contributed by atoms with E-state index in [9.17, 15) is 4.79 Å².